The first kappa shape index (κ1) is 13.7. The molecule has 0 radical (unpaired) electrons. The van der Waals surface area contributed by atoms with Gasteiger partial charge in [0.05, 0.1) is 5.56 Å². The molecule has 1 amide bonds. The zero-order valence-corrected chi connectivity index (χ0v) is 11.1. The van der Waals surface area contributed by atoms with E-state index in [1.165, 1.54) is 29.5 Å². The summed E-state index contributed by atoms with van der Waals surface area (Å²) in [5.74, 6) is -1.25. The molecule has 0 bridgehead atoms. The van der Waals surface area contributed by atoms with E-state index >= 15 is 0 Å². The highest BCUT2D eigenvalue weighted by atomic mass is 16.4. The maximum atomic E-state index is 12.1. The summed E-state index contributed by atoms with van der Waals surface area (Å²) in [5.41, 5.74) is 1.45. The average Bonchev–Trinajstić information content (AvgIpc) is 2.93. The Balaban J connectivity index is 2.14. The summed E-state index contributed by atoms with van der Waals surface area (Å²) in [5, 5.41) is 15.5. The first-order valence-corrected chi connectivity index (χ1v) is 5.98. The van der Waals surface area contributed by atoms with Gasteiger partial charge in [-0.3, -0.25) is 4.79 Å². The molecular weight excluding hydrogens is 260 g/mol. The van der Waals surface area contributed by atoms with Crippen LogP contribution in [0.1, 0.15) is 28.9 Å². The number of carboxylic acids is 1. The summed E-state index contributed by atoms with van der Waals surface area (Å²) in [4.78, 5) is 26.7. The van der Waals surface area contributed by atoms with Gasteiger partial charge in [0.1, 0.15) is 18.7 Å². The number of anilines is 1. The number of amides is 1. The number of aryl methyl sites for hydroxylation is 1. The van der Waals surface area contributed by atoms with Gasteiger partial charge in [0.2, 0.25) is 5.91 Å². The lowest BCUT2D eigenvalue weighted by molar-refractivity contribution is -0.119. The maximum Gasteiger partial charge on any atom is 0.335 e. The van der Waals surface area contributed by atoms with E-state index in [1.807, 2.05) is 0 Å². The highest BCUT2D eigenvalue weighted by Gasteiger charge is 2.16. The van der Waals surface area contributed by atoms with Crippen molar-refractivity contribution >= 4 is 17.6 Å². The first-order valence-electron chi connectivity index (χ1n) is 5.98. The number of carbonyl (C=O) groups is 2. The maximum absolute atomic E-state index is 12.1. The molecule has 0 fully saturated rings. The number of aromatic nitrogens is 3. The van der Waals surface area contributed by atoms with Crippen LogP contribution in [0.2, 0.25) is 0 Å². The third-order valence-electron chi connectivity index (χ3n) is 2.94. The van der Waals surface area contributed by atoms with Gasteiger partial charge in [0.25, 0.3) is 0 Å². The van der Waals surface area contributed by atoms with Crippen LogP contribution in [0, 0.1) is 6.92 Å². The summed E-state index contributed by atoms with van der Waals surface area (Å²) in [6, 6.07) is 4.03. The number of hydrogen-bond acceptors (Lipinski definition) is 4. The second-order valence-electron chi connectivity index (χ2n) is 4.38. The van der Waals surface area contributed by atoms with Gasteiger partial charge in [0, 0.05) is 5.69 Å². The molecule has 0 aliphatic heterocycles. The number of carboxylic acid groups (broad SMARTS) is 1. The van der Waals surface area contributed by atoms with Crippen LogP contribution in [0.3, 0.4) is 0 Å². The van der Waals surface area contributed by atoms with E-state index in [4.69, 9.17) is 5.11 Å². The van der Waals surface area contributed by atoms with Gasteiger partial charge in [-0.05, 0) is 37.6 Å². The Morgan fingerprint density at radius 2 is 2.15 bits per heavy atom. The molecule has 1 unspecified atom stereocenters. The van der Waals surface area contributed by atoms with Crippen molar-refractivity contribution in [1.82, 2.24) is 14.8 Å². The number of nitrogens with one attached hydrogen (secondary N) is 1. The van der Waals surface area contributed by atoms with E-state index in [1.54, 1.807) is 19.9 Å². The lowest BCUT2D eigenvalue weighted by Gasteiger charge is -2.14. The molecule has 1 aromatic carbocycles. The van der Waals surface area contributed by atoms with Gasteiger partial charge in [-0.15, -0.1) is 0 Å². The topological polar surface area (TPSA) is 97.1 Å². The summed E-state index contributed by atoms with van der Waals surface area (Å²) >= 11 is 0. The number of rotatable bonds is 4. The minimum atomic E-state index is -0.998. The zero-order chi connectivity index (χ0) is 14.7. The summed E-state index contributed by atoms with van der Waals surface area (Å²) < 4.78 is 1.44. The van der Waals surface area contributed by atoms with Crippen molar-refractivity contribution in [2.24, 2.45) is 0 Å². The Morgan fingerprint density at radius 3 is 2.70 bits per heavy atom. The molecule has 0 aliphatic rings. The predicted molar refractivity (Wildman–Crippen MR) is 71.5 cm³/mol. The Bertz CT molecular complexity index is 637. The van der Waals surface area contributed by atoms with E-state index in [0.29, 0.717) is 11.3 Å². The second kappa shape index (κ2) is 5.52. The molecule has 1 aromatic heterocycles. The van der Waals surface area contributed by atoms with Crippen LogP contribution in [0.25, 0.3) is 0 Å². The molecular formula is C13H14N4O3. The SMILES string of the molecule is Cc1cc(C(=O)O)ccc1NC(=O)C(C)n1cncn1. The monoisotopic (exact) mass is 274 g/mol. The molecule has 1 heterocycles. The molecule has 0 aliphatic carbocycles. The standard InChI is InChI=1S/C13H14N4O3/c1-8-5-10(13(19)20)3-4-11(8)16-12(18)9(2)17-7-14-6-15-17/h3-7,9H,1-2H3,(H,16,18)(H,19,20). The molecule has 20 heavy (non-hydrogen) atoms. The molecule has 104 valence electrons. The highest BCUT2D eigenvalue weighted by molar-refractivity contribution is 5.95. The van der Waals surface area contributed by atoms with Crippen LogP contribution >= 0.6 is 0 Å². The molecule has 0 spiro atoms. The number of aromatic carboxylic acids is 1. The van der Waals surface area contributed by atoms with E-state index in [-0.39, 0.29) is 11.5 Å². The van der Waals surface area contributed by atoms with Crippen molar-refractivity contribution in [2.75, 3.05) is 5.32 Å². The molecule has 7 heteroatoms. The first-order chi connectivity index (χ1) is 9.49. The van der Waals surface area contributed by atoms with Crippen molar-refractivity contribution in [1.29, 1.82) is 0 Å². The largest absolute Gasteiger partial charge is 0.478 e. The van der Waals surface area contributed by atoms with Crippen LogP contribution in [0.15, 0.2) is 30.9 Å². The Morgan fingerprint density at radius 1 is 1.40 bits per heavy atom. The van der Waals surface area contributed by atoms with Crippen LogP contribution in [0.4, 0.5) is 5.69 Å². The minimum Gasteiger partial charge on any atom is -0.478 e. The number of hydrogen-bond donors (Lipinski definition) is 2. The minimum absolute atomic E-state index is 0.185. The van der Waals surface area contributed by atoms with E-state index in [0.717, 1.165) is 0 Å². The molecule has 2 N–H and O–H groups in total. The van der Waals surface area contributed by atoms with Crippen molar-refractivity contribution in [2.45, 2.75) is 19.9 Å². The van der Waals surface area contributed by atoms with Crippen molar-refractivity contribution in [3.8, 4) is 0 Å². The fraction of sp³-hybridized carbons (Fsp3) is 0.231. The van der Waals surface area contributed by atoms with Crippen LogP contribution in [-0.4, -0.2) is 31.7 Å². The predicted octanol–water partition coefficient (Wildman–Crippen LogP) is 1.48. The molecule has 2 aromatic rings. The fourth-order valence-corrected chi connectivity index (χ4v) is 1.71. The third kappa shape index (κ3) is 2.82. The van der Waals surface area contributed by atoms with Gasteiger partial charge in [0.15, 0.2) is 0 Å². The molecule has 2 rings (SSSR count). The summed E-state index contributed by atoms with van der Waals surface area (Å²) in [7, 11) is 0. The van der Waals surface area contributed by atoms with Crippen molar-refractivity contribution in [3.63, 3.8) is 0 Å². The van der Waals surface area contributed by atoms with Crippen LogP contribution in [-0.2, 0) is 4.79 Å². The van der Waals surface area contributed by atoms with Crippen molar-refractivity contribution in [3.05, 3.63) is 42.0 Å². The highest BCUT2D eigenvalue weighted by Crippen LogP contribution is 2.18. The lowest BCUT2D eigenvalue weighted by Crippen LogP contribution is -2.24. The number of nitrogens with zero attached hydrogens (tertiary/aromatic N) is 3. The van der Waals surface area contributed by atoms with Gasteiger partial charge in [-0.1, -0.05) is 0 Å². The number of carbonyl (C=O) groups excluding carboxylic acids is 1. The van der Waals surface area contributed by atoms with Crippen LogP contribution in [0.5, 0.6) is 0 Å². The Kier molecular flexibility index (Phi) is 3.79. The average molecular weight is 274 g/mol. The van der Waals surface area contributed by atoms with Gasteiger partial charge >= 0.3 is 5.97 Å². The molecule has 0 saturated carbocycles. The molecule has 1 atom stereocenters. The zero-order valence-electron chi connectivity index (χ0n) is 11.1. The van der Waals surface area contributed by atoms with Crippen LogP contribution < -0.4 is 5.32 Å². The smallest absolute Gasteiger partial charge is 0.335 e. The molecule has 0 saturated heterocycles. The van der Waals surface area contributed by atoms with Gasteiger partial charge in [-0.2, -0.15) is 5.10 Å². The van der Waals surface area contributed by atoms with E-state index < -0.39 is 12.0 Å². The van der Waals surface area contributed by atoms with E-state index in [2.05, 4.69) is 15.4 Å². The van der Waals surface area contributed by atoms with Gasteiger partial charge in [-0.25, -0.2) is 14.5 Å². The fourth-order valence-electron chi connectivity index (χ4n) is 1.71. The lowest BCUT2D eigenvalue weighted by atomic mass is 10.1. The second-order valence-corrected chi connectivity index (χ2v) is 4.38. The van der Waals surface area contributed by atoms with Crippen molar-refractivity contribution < 1.29 is 14.7 Å². The van der Waals surface area contributed by atoms with E-state index in [9.17, 15) is 9.59 Å². The summed E-state index contributed by atoms with van der Waals surface area (Å²) in [6.07, 6.45) is 2.82. The third-order valence-corrected chi connectivity index (χ3v) is 2.94. The Hall–Kier alpha value is -2.70. The summed E-state index contributed by atoms with van der Waals surface area (Å²) in [6.45, 7) is 3.44. The normalized spacial score (nSPS) is 11.9. The molecule has 7 nitrogen and oxygen atoms in total. The number of benzene rings is 1. The quantitative estimate of drug-likeness (QED) is 0.880. The van der Waals surface area contributed by atoms with Gasteiger partial charge < -0.3 is 10.4 Å². The Labute approximate surface area is 115 Å².